The highest BCUT2D eigenvalue weighted by Gasteiger charge is 2.20. The van der Waals surface area contributed by atoms with Crippen LogP contribution in [0.25, 0.3) is 0 Å². The molecule has 0 spiro atoms. The van der Waals surface area contributed by atoms with Gasteiger partial charge in [0.15, 0.2) is 0 Å². The van der Waals surface area contributed by atoms with Gasteiger partial charge in [-0.15, -0.1) is 0 Å². The lowest BCUT2D eigenvalue weighted by atomic mass is 10.4. The molecule has 0 aromatic carbocycles. The highest BCUT2D eigenvalue weighted by atomic mass is 35.5. The molecular weight excluding hydrogens is 196 g/mol. The van der Waals surface area contributed by atoms with Gasteiger partial charge in [-0.05, 0) is 0 Å². The Morgan fingerprint density at radius 3 is 2.92 bits per heavy atom. The van der Waals surface area contributed by atoms with Crippen molar-refractivity contribution < 1.29 is 4.74 Å². The summed E-state index contributed by atoms with van der Waals surface area (Å²) in [5.74, 6) is 0. The summed E-state index contributed by atoms with van der Waals surface area (Å²) in [5, 5.41) is 1.84. The van der Waals surface area contributed by atoms with E-state index in [9.17, 15) is 0 Å². The Morgan fingerprint density at radius 2 is 2.33 bits per heavy atom. The van der Waals surface area contributed by atoms with E-state index in [0.29, 0.717) is 10.4 Å². The van der Waals surface area contributed by atoms with Crippen LogP contribution in [0.1, 0.15) is 0 Å². The predicted octanol–water partition coefficient (Wildman–Crippen LogP) is 1.62. The molecule has 0 radical (unpaired) electrons. The van der Waals surface area contributed by atoms with Gasteiger partial charge in [0, 0.05) is 0 Å². The first-order valence-electron chi connectivity index (χ1n) is 3.56. The molecule has 1 saturated heterocycles. The first kappa shape index (κ1) is 8.29. The Hall–Kier alpha value is -0.320. The summed E-state index contributed by atoms with van der Waals surface area (Å²) in [5.41, 5.74) is 0. The third-order valence-electron chi connectivity index (χ3n) is 1.48. The number of nitrogens with zero attached hydrogens (tertiary/aromatic N) is 2. The molecule has 0 N–H and O–H groups in total. The summed E-state index contributed by atoms with van der Waals surface area (Å²) in [4.78, 5) is 8.04. The Balaban J connectivity index is 2.02. The van der Waals surface area contributed by atoms with Crippen molar-refractivity contribution in [3.63, 3.8) is 0 Å². The highest BCUT2D eigenvalue weighted by Crippen LogP contribution is 2.26. The van der Waals surface area contributed by atoms with Crippen LogP contribution in [0, 0.1) is 0 Å². The van der Waals surface area contributed by atoms with Crippen LogP contribution in [-0.2, 0) is 4.74 Å². The molecule has 2 rings (SSSR count). The molecule has 0 unspecified atom stereocenters. The van der Waals surface area contributed by atoms with E-state index in [1.165, 1.54) is 6.20 Å². The maximum Gasteiger partial charge on any atom is 0.148 e. The van der Waals surface area contributed by atoms with Gasteiger partial charge in [-0.3, -0.25) is 4.98 Å². The van der Waals surface area contributed by atoms with Crippen LogP contribution < -0.4 is 0 Å². The van der Waals surface area contributed by atoms with Gasteiger partial charge in [0.1, 0.15) is 10.2 Å². The molecule has 64 valence electrons. The summed E-state index contributed by atoms with van der Waals surface area (Å²) in [6, 6.07) is 0. The molecule has 0 amide bonds. The lowest BCUT2D eigenvalue weighted by Gasteiger charge is -2.24. The van der Waals surface area contributed by atoms with Crippen molar-refractivity contribution in [2.45, 2.75) is 10.3 Å². The van der Waals surface area contributed by atoms with Gasteiger partial charge in [-0.1, -0.05) is 23.4 Å². The van der Waals surface area contributed by atoms with E-state index >= 15 is 0 Å². The van der Waals surface area contributed by atoms with Crippen molar-refractivity contribution in [1.29, 1.82) is 0 Å². The average Bonchev–Trinajstić information content (AvgIpc) is 1.97. The monoisotopic (exact) mass is 202 g/mol. The van der Waals surface area contributed by atoms with Gasteiger partial charge >= 0.3 is 0 Å². The van der Waals surface area contributed by atoms with Crippen molar-refractivity contribution in [3.8, 4) is 0 Å². The maximum atomic E-state index is 5.67. The van der Waals surface area contributed by atoms with Crippen LogP contribution in [0.5, 0.6) is 0 Å². The molecular formula is C7H7ClN2OS. The van der Waals surface area contributed by atoms with Gasteiger partial charge < -0.3 is 4.74 Å². The van der Waals surface area contributed by atoms with Crippen molar-refractivity contribution in [2.24, 2.45) is 0 Å². The normalized spacial score (nSPS) is 17.4. The second kappa shape index (κ2) is 3.60. The lowest BCUT2D eigenvalue weighted by molar-refractivity contribution is 0.0454. The largest absolute Gasteiger partial charge is 0.379 e. The van der Waals surface area contributed by atoms with Crippen LogP contribution in [0.4, 0.5) is 0 Å². The van der Waals surface area contributed by atoms with E-state index in [-0.39, 0.29) is 0 Å². The van der Waals surface area contributed by atoms with Gasteiger partial charge in [-0.25, -0.2) is 4.98 Å². The highest BCUT2D eigenvalue weighted by molar-refractivity contribution is 8.00. The first-order chi connectivity index (χ1) is 5.84. The van der Waals surface area contributed by atoms with E-state index in [2.05, 4.69) is 9.97 Å². The fourth-order valence-corrected chi connectivity index (χ4v) is 1.98. The topological polar surface area (TPSA) is 35.0 Å². The molecule has 5 heteroatoms. The van der Waals surface area contributed by atoms with E-state index in [0.717, 1.165) is 18.2 Å². The summed E-state index contributed by atoms with van der Waals surface area (Å²) in [6.07, 6.45) is 3.25. The molecule has 1 aliphatic heterocycles. The van der Waals surface area contributed by atoms with Crippen LogP contribution >= 0.6 is 23.4 Å². The van der Waals surface area contributed by atoms with Crippen LogP contribution in [0.2, 0.25) is 5.15 Å². The smallest absolute Gasteiger partial charge is 0.148 e. The molecule has 0 aliphatic carbocycles. The zero-order valence-corrected chi connectivity index (χ0v) is 7.81. The Labute approximate surface area is 79.5 Å². The number of hydrogen-bond acceptors (Lipinski definition) is 4. The van der Waals surface area contributed by atoms with Crippen LogP contribution in [0.3, 0.4) is 0 Å². The molecule has 12 heavy (non-hydrogen) atoms. The van der Waals surface area contributed by atoms with Crippen molar-refractivity contribution >= 4 is 23.4 Å². The van der Waals surface area contributed by atoms with E-state index in [4.69, 9.17) is 16.3 Å². The quantitative estimate of drug-likeness (QED) is 0.730. The Morgan fingerprint density at radius 1 is 1.50 bits per heavy atom. The fraction of sp³-hybridized carbons (Fsp3) is 0.429. The van der Waals surface area contributed by atoms with Gasteiger partial charge in [-0.2, -0.15) is 0 Å². The molecule has 1 aromatic heterocycles. The summed E-state index contributed by atoms with van der Waals surface area (Å²) in [6.45, 7) is 1.61. The number of hydrogen-bond donors (Lipinski definition) is 0. The molecule has 2 heterocycles. The van der Waals surface area contributed by atoms with Crippen molar-refractivity contribution in [1.82, 2.24) is 9.97 Å². The summed E-state index contributed by atoms with van der Waals surface area (Å²) < 4.78 is 5.04. The number of aromatic nitrogens is 2. The zero-order chi connectivity index (χ0) is 8.39. The Bertz CT molecular complexity index is 280. The Kier molecular flexibility index (Phi) is 2.48. The van der Waals surface area contributed by atoms with Gasteiger partial charge in [0.25, 0.3) is 0 Å². The third kappa shape index (κ3) is 1.88. The number of thioether (sulfide) groups is 1. The first-order valence-corrected chi connectivity index (χ1v) is 4.82. The lowest BCUT2D eigenvalue weighted by Crippen LogP contribution is -2.30. The number of halogens is 1. The van der Waals surface area contributed by atoms with E-state index in [1.54, 1.807) is 18.0 Å². The SMILES string of the molecule is Clc1cncc(SC2COC2)n1. The number of ether oxygens (including phenoxy) is 1. The van der Waals surface area contributed by atoms with Crippen molar-refractivity contribution in [3.05, 3.63) is 17.5 Å². The standard InChI is InChI=1S/C7H7ClN2OS/c8-6-1-9-2-7(10-6)12-5-3-11-4-5/h1-2,5H,3-4H2. The van der Waals surface area contributed by atoms with Crippen LogP contribution in [0.15, 0.2) is 17.4 Å². The average molecular weight is 203 g/mol. The molecule has 1 aliphatic rings. The molecule has 1 fully saturated rings. The minimum atomic E-state index is 0.445. The van der Waals surface area contributed by atoms with Crippen LogP contribution in [-0.4, -0.2) is 28.4 Å². The summed E-state index contributed by atoms with van der Waals surface area (Å²) in [7, 11) is 0. The molecule has 0 atom stereocenters. The molecule has 3 nitrogen and oxygen atoms in total. The third-order valence-corrected chi connectivity index (χ3v) is 2.70. The zero-order valence-electron chi connectivity index (χ0n) is 6.24. The van der Waals surface area contributed by atoms with E-state index < -0.39 is 0 Å². The fourth-order valence-electron chi connectivity index (χ4n) is 0.835. The second-order valence-electron chi connectivity index (χ2n) is 2.46. The maximum absolute atomic E-state index is 5.67. The van der Waals surface area contributed by atoms with E-state index in [1.807, 2.05) is 0 Å². The van der Waals surface area contributed by atoms with Crippen molar-refractivity contribution in [2.75, 3.05) is 13.2 Å². The minimum absolute atomic E-state index is 0.445. The predicted molar refractivity (Wildman–Crippen MR) is 47.5 cm³/mol. The molecule has 0 saturated carbocycles. The molecule has 1 aromatic rings. The number of rotatable bonds is 2. The minimum Gasteiger partial charge on any atom is -0.379 e. The molecule has 0 bridgehead atoms. The summed E-state index contributed by atoms with van der Waals surface area (Å²) >= 11 is 7.33. The second-order valence-corrected chi connectivity index (χ2v) is 4.17. The van der Waals surface area contributed by atoms with Gasteiger partial charge in [0.05, 0.1) is 30.9 Å². The van der Waals surface area contributed by atoms with Gasteiger partial charge in [0.2, 0.25) is 0 Å².